The molecule has 132 valence electrons. The zero-order chi connectivity index (χ0) is 18.0. The Morgan fingerprint density at radius 3 is 2.56 bits per heavy atom. The molecule has 2 aromatic rings. The van der Waals surface area contributed by atoms with Crippen LogP contribution in [0.1, 0.15) is 46.8 Å². The average Bonchev–Trinajstić information content (AvgIpc) is 3.42. The summed E-state index contributed by atoms with van der Waals surface area (Å²) in [6.45, 7) is 8.15. The van der Waals surface area contributed by atoms with Crippen molar-refractivity contribution in [3.05, 3.63) is 58.4 Å². The molecule has 1 aromatic carbocycles. The fourth-order valence-electron chi connectivity index (χ4n) is 3.16. The van der Waals surface area contributed by atoms with Gasteiger partial charge >= 0.3 is 0 Å². The van der Waals surface area contributed by atoms with E-state index in [4.69, 9.17) is 4.74 Å². The Hall–Kier alpha value is -2.36. The number of pyridine rings is 1. The first-order valence-electron chi connectivity index (χ1n) is 8.88. The molecule has 1 fully saturated rings. The lowest BCUT2D eigenvalue weighted by Gasteiger charge is -2.20. The van der Waals surface area contributed by atoms with Crippen LogP contribution in [0.5, 0.6) is 5.75 Å². The number of carbonyl (C=O) groups is 1. The van der Waals surface area contributed by atoms with Gasteiger partial charge in [0.2, 0.25) is 0 Å². The zero-order valence-electron chi connectivity index (χ0n) is 15.4. The van der Waals surface area contributed by atoms with Gasteiger partial charge in [-0.1, -0.05) is 18.2 Å². The molecule has 1 heterocycles. The molecule has 0 aliphatic heterocycles. The molecular formula is C21H26N2O2. The third kappa shape index (κ3) is 4.01. The predicted octanol–water partition coefficient (Wildman–Crippen LogP) is 3.96. The fourth-order valence-corrected chi connectivity index (χ4v) is 3.16. The number of nitrogens with zero attached hydrogens (tertiary/aromatic N) is 1. The SMILES string of the molecule is Cc1cccnc1C(NC(=O)COc1c(C)ccc(C)c1C)C1CC1. The molecule has 1 aliphatic carbocycles. The number of carbonyl (C=O) groups excluding carboxylic acids is 1. The smallest absolute Gasteiger partial charge is 0.258 e. The number of hydrogen-bond acceptors (Lipinski definition) is 3. The minimum absolute atomic E-state index is 0.0167. The number of aromatic nitrogens is 1. The number of amides is 1. The standard InChI is InChI=1S/C21H26N2O2/c1-13-7-8-15(3)21(16(13)4)25-12-18(24)23-20(17-9-10-17)19-14(2)6-5-11-22-19/h5-8,11,17,20H,9-10,12H2,1-4H3,(H,23,24). The van der Waals surface area contributed by atoms with E-state index in [1.807, 2.05) is 39.0 Å². The average molecular weight is 338 g/mol. The fraction of sp³-hybridized carbons (Fsp3) is 0.429. The van der Waals surface area contributed by atoms with Gasteiger partial charge in [-0.25, -0.2) is 0 Å². The van der Waals surface area contributed by atoms with Crippen LogP contribution in [-0.4, -0.2) is 17.5 Å². The van der Waals surface area contributed by atoms with Gasteiger partial charge in [-0.05, 0) is 74.8 Å². The summed E-state index contributed by atoms with van der Waals surface area (Å²) >= 11 is 0. The van der Waals surface area contributed by atoms with E-state index in [-0.39, 0.29) is 18.6 Å². The topological polar surface area (TPSA) is 51.2 Å². The molecule has 4 heteroatoms. The van der Waals surface area contributed by atoms with Gasteiger partial charge in [-0.2, -0.15) is 0 Å². The second-order valence-corrected chi connectivity index (χ2v) is 7.03. The van der Waals surface area contributed by atoms with E-state index >= 15 is 0 Å². The Morgan fingerprint density at radius 1 is 1.16 bits per heavy atom. The molecule has 4 nitrogen and oxygen atoms in total. The van der Waals surface area contributed by atoms with Crippen molar-refractivity contribution in [1.82, 2.24) is 10.3 Å². The van der Waals surface area contributed by atoms with Crippen molar-refractivity contribution >= 4 is 5.91 Å². The molecule has 0 saturated heterocycles. The molecule has 3 rings (SSSR count). The van der Waals surface area contributed by atoms with Crippen LogP contribution < -0.4 is 10.1 Å². The minimum Gasteiger partial charge on any atom is -0.483 e. The van der Waals surface area contributed by atoms with E-state index in [0.29, 0.717) is 5.92 Å². The lowest BCUT2D eigenvalue weighted by Crippen LogP contribution is -2.34. The molecule has 25 heavy (non-hydrogen) atoms. The highest BCUT2D eigenvalue weighted by atomic mass is 16.5. The predicted molar refractivity (Wildman–Crippen MR) is 98.7 cm³/mol. The van der Waals surface area contributed by atoms with Crippen LogP contribution in [0.2, 0.25) is 0 Å². The van der Waals surface area contributed by atoms with Crippen molar-refractivity contribution < 1.29 is 9.53 Å². The third-order valence-electron chi connectivity index (χ3n) is 4.98. The molecular weight excluding hydrogens is 312 g/mol. The Morgan fingerprint density at radius 2 is 1.88 bits per heavy atom. The summed E-state index contributed by atoms with van der Waals surface area (Å²) in [6, 6.07) is 8.05. The highest BCUT2D eigenvalue weighted by molar-refractivity contribution is 5.78. The van der Waals surface area contributed by atoms with Crippen molar-refractivity contribution in [1.29, 1.82) is 0 Å². The van der Waals surface area contributed by atoms with E-state index in [1.54, 1.807) is 6.20 Å². The maximum absolute atomic E-state index is 12.5. The first-order chi connectivity index (χ1) is 12.0. The van der Waals surface area contributed by atoms with Gasteiger partial charge in [0.1, 0.15) is 5.75 Å². The Kier molecular flexibility index (Phi) is 5.07. The number of nitrogens with one attached hydrogen (secondary N) is 1. The summed E-state index contributed by atoms with van der Waals surface area (Å²) in [7, 11) is 0. The Balaban J connectivity index is 1.68. The van der Waals surface area contributed by atoms with Crippen molar-refractivity contribution in [2.24, 2.45) is 5.92 Å². The summed E-state index contributed by atoms with van der Waals surface area (Å²) in [5.41, 5.74) is 5.40. The van der Waals surface area contributed by atoms with Gasteiger partial charge in [-0.3, -0.25) is 9.78 Å². The number of aryl methyl sites for hydroxylation is 3. The molecule has 0 spiro atoms. The van der Waals surface area contributed by atoms with Crippen molar-refractivity contribution in [2.45, 2.75) is 46.6 Å². The van der Waals surface area contributed by atoms with Gasteiger partial charge < -0.3 is 10.1 Å². The Labute approximate surface area is 149 Å². The number of rotatable bonds is 6. The van der Waals surface area contributed by atoms with Crippen molar-refractivity contribution in [2.75, 3.05) is 6.61 Å². The maximum atomic E-state index is 12.5. The van der Waals surface area contributed by atoms with Gasteiger partial charge in [-0.15, -0.1) is 0 Å². The molecule has 0 radical (unpaired) electrons. The molecule has 1 amide bonds. The lowest BCUT2D eigenvalue weighted by molar-refractivity contribution is -0.124. The molecule has 1 aliphatic rings. The largest absolute Gasteiger partial charge is 0.483 e. The molecule has 1 unspecified atom stereocenters. The van der Waals surface area contributed by atoms with Crippen LogP contribution in [-0.2, 0) is 4.79 Å². The molecule has 1 N–H and O–H groups in total. The number of ether oxygens (including phenoxy) is 1. The first-order valence-corrected chi connectivity index (χ1v) is 8.88. The highest BCUT2D eigenvalue weighted by Gasteiger charge is 2.35. The number of benzene rings is 1. The summed E-state index contributed by atoms with van der Waals surface area (Å²) in [5.74, 6) is 1.20. The third-order valence-corrected chi connectivity index (χ3v) is 4.98. The van der Waals surface area contributed by atoms with E-state index in [9.17, 15) is 4.79 Å². The van der Waals surface area contributed by atoms with Gasteiger partial charge in [0.25, 0.3) is 5.91 Å². The lowest BCUT2D eigenvalue weighted by atomic mass is 10.0. The summed E-state index contributed by atoms with van der Waals surface area (Å²) < 4.78 is 5.84. The molecule has 1 aromatic heterocycles. The van der Waals surface area contributed by atoms with Gasteiger partial charge in [0.15, 0.2) is 6.61 Å². The molecule has 0 bridgehead atoms. The normalized spacial score (nSPS) is 14.9. The maximum Gasteiger partial charge on any atom is 0.258 e. The van der Waals surface area contributed by atoms with Gasteiger partial charge in [0.05, 0.1) is 11.7 Å². The Bertz CT molecular complexity index is 781. The van der Waals surface area contributed by atoms with Crippen LogP contribution in [0, 0.1) is 33.6 Å². The van der Waals surface area contributed by atoms with E-state index < -0.39 is 0 Å². The summed E-state index contributed by atoms with van der Waals surface area (Å²) in [6.07, 6.45) is 4.07. The number of hydrogen-bond donors (Lipinski definition) is 1. The second kappa shape index (κ2) is 7.26. The monoisotopic (exact) mass is 338 g/mol. The van der Waals surface area contributed by atoms with E-state index in [0.717, 1.165) is 41.0 Å². The highest BCUT2D eigenvalue weighted by Crippen LogP contribution is 2.41. The quantitative estimate of drug-likeness (QED) is 0.867. The second-order valence-electron chi connectivity index (χ2n) is 7.03. The molecule has 1 saturated carbocycles. The summed E-state index contributed by atoms with van der Waals surface area (Å²) in [5, 5.41) is 3.13. The summed E-state index contributed by atoms with van der Waals surface area (Å²) in [4.78, 5) is 17.0. The van der Waals surface area contributed by atoms with Gasteiger partial charge in [0, 0.05) is 6.20 Å². The van der Waals surface area contributed by atoms with Crippen molar-refractivity contribution in [3.8, 4) is 5.75 Å². The van der Waals surface area contributed by atoms with Crippen LogP contribution in [0.4, 0.5) is 0 Å². The van der Waals surface area contributed by atoms with Crippen molar-refractivity contribution in [3.63, 3.8) is 0 Å². The van der Waals surface area contributed by atoms with Crippen LogP contribution in [0.25, 0.3) is 0 Å². The van der Waals surface area contributed by atoms with Crippen LogP contribution in [0.3, 0.4) is 0 Å². The van der Waals surface area contributed by atoms with Crippen LogP contribution in [0.15, 0.2) is 30.5 Å². The zero-order valence-corrected chi connectivity index (χ0v) is 15.4. The van der Waals surface area contributed by atoms with Crippen LogP contribution >= 0.6 is 0 Å². The van der Waals surface area contributed by atoms with E-state index in [1.165, 1.54) is 5.56 Å². The molecule has 1 atom stereocenters. The van der Waals surface area contributed by atoms with E-state index in [2.05, 4.69) is 23.3 Å². The first kappa shape index (κ1) is 17.5. The minimum atomic E-state index is -0.0951.